The van der Waals surface area contributed by atoms with Crippen molar-refractivity contribution >= 4 is 49.7 Å². The maximum Gasteiger partial charge on any atom is 0.227 e. The Hall–Kier alpha value is -7.23. The van der Waals surface area contributed by atoms with E-state index in [0.29, 0.717) is 5.89 Å². The van der Waals surface area contributed by atoms with Crippen molar-refractivity contribution in [3.63, 3.8) is 0 Å². The second-order valence-corrected chi connectivity index (χ2v) is 15.6. The van der Waals surface area contributed by atoms with Crippen molar-refractivity contribution in [2.75, 3.05) is 4.90 Å². The molecule has 11 rings (SSSR count). The van der Waals surface area contributed by atoms with Gasteiger partial charge in [0.25, 0.3) is 0 Å². The molecule has 57 heavy (non-hydrogen) atoms. The SMILES string of the molecule is CC1(C)c2ccccc2-c2ccc(N(c3ccc(-c4ccccc4)cc3)c3ccc(-c4ccc5c(ccc6c5ccc5nc(-c7ccccc7)oc56)c4)cc3)cc21. The van der Waals surface area contributed by atoms with Crippen LogP contribution in [-0.2, 0) is 5.41 Å². The fourth-order valence-corrected chi connectivity index (χ4v) is 8.93. The lowest BCUT2D eigenvalue weighted by molar-refractivity contribution is 0.623. The van der Waals surface area contributed by atoms with Crippen LogP contribution in [0.4, 0.5) is 17.1 Å². The van der Waals surface area contributed by atoms with E-state index in [0.717, 1.165) is 44.5 Å². The lowest BCUT2D eigenvalue weighted by Gasteiger charge is -2.28. The van der Waals surface area contributed by atoms with E-state index >= 15 is 0 Å². The second kappa shape index (κ2) is 12.9. The van der Waals surface area contributed by atoms with Crippen LogP contribution in [0.5, 0.6) is 0 Å². The smallest absolute Gasteiger partial charge is 0.227 e. The number of rotatable bonds is 6. The summed E-state index contributed by atoms with van der Waals surface area (Å²) in [5.74, 6) is 0.644. The number of aromatic nitrogens is 1. The molecule has 1 aliphatic carbocycles. The Morgan fingerprint density at radius 2 is 0.982 bits per heavy atom. The largest absolute Gasteiger partial charge is 0.435 e. The second-order valence-electron chi connectivity index (χ2n) is 15.6. The quantitative estimate of drug-likeness (QED) is 0.160. The summed E-state index contributed by atoms with van der Waals surface area (Å²) in [5, 5.41) is 4.61. The van der Waals surface area contributed by atoms with Crippen molar-refractivity contribution in [3.8, 4) is 44.8 Å². The molecule has 0 spiro atoms. The lowest BCUT2D eigenvalue weighted by atomic mass is 9.82. The van der Waals surface area contributed by atoms with Crippen molar-refractivity contribution in [1.82, 2.24) is 4.98 Å². The molecule has 1 aromatic heterocycles. The van der Waals surface area contributed by atoms with Gasteiger partial charge < -0.3 is 9.32 Å². The number of hydrogen-bond acceptors (Lipinski definition) is 3. The average Bonchev–Trinajstić information content (AvgIpc) is 3.81. The molecule has 0 bridgehead atoms. The van der Waals surface area contributed by atoms with E-state index in [4.69, 9.17) is 9.40 Å². The van der Waals surface area contributed by atoms with Crippen LogP contribution in [0.2, 0.25) is 0 Å². The van der Waals surface area contributed by atoms with Crippen LogP contribution >= 0.6 is 0 Å². The number of oxazole rings is 1. The maximum atomic E-state index is 6.36. The van der Waals surface area contributed by atoms with Gasteiger partial charge in [-0.15, -0.1) is 0 Å². The first-order valence-corrected chi connectivity index (χ1v) is 19.6. The summed E-state index contributed by atoms with van der Waals surface area (Å²) in [5.41, 5.74) is 16.1. The third-order valence-corrected chi connectivity index (χ3v) is 11.9. The van der Waals surface area contributed by atoms with E-state index in [1.807, 2.05) is 30.3 Å². The molecule has 0 fully saturated rings. The van der Waals surface area contributed by atoms with Crippen LogP contribution in [0.3, 0.4) is 0 Å². The molecule has 10 aromatic rings. The number of benzene rings is 9. The zero-order valence-electron chi connectivity index (χ0n) is 31.8. The first-order chi connectivity index (χ1) is 28.0. The summed E-state index contributed by atoms with van der Waals surface area (Å²) >= 11 is 0. The Balaban J connectivity index is 0.966. The van der Waals surface area contributed by atoms with Gasteiger partial charge in [0.05, 0.1) is 0 Å². The van der Waals surface area contributed by atoms with E-state index in [9.17, 15) is 0 Å². The molecule has 0 unspecified atom stereocenters. The Kier molecular flexibility index (Phi) is 7.52. The van der Waals surface area contributed by atoms with Crippen LogP contribution in [0.1, 0.15) is 25.0 Å². The molecule has 0 saturated heterocycles. The van der Waals surface area contributed by atoms with Gasteiger partial charge in [0.15, 0.2) is 5.58 Å². The summed E-state index contributed by atoms with van der Waals surface area (Å²) in [6, 6.07) is 69.8. The minimum Gasteiger partial charge on any atom is -0.435 e. The van der Waals surface area contributed by atoms with Crippen molar-refractivity contribution in [3.05, 3.63) is 205 Å². The highest BCUT2D eigenvalue weighted by molar-refractivity contribution is 6.15. The summed E-state index contributed by atoms with van der Waals surface area (Å²) in [6.07, 6.45) is 0. The normalized spacial score (nSPS) is 12.9. The molecule has 1 heterocycles. The van der Waals surface area contributed by atoms with Gasteiger partial charge in [0.2, 0.25) is 5.89 Å². The van der Waals surface area contributed by atoms with Gasteiger partial charge in [-0.3, -0.25) is 0 Å². The van der Waals surface area contributed by atoms with Gasteiger partial charge >= 0.3 is 0 Å². The zero-order valence-corrected chi connectivity index (χ0v) is 31.8. The Morgan fingerprint density at radius 1 is 0.421 bits per heavy atom. The fraction of sp³-hybridized carbons (Fsp3) is 0.0556. The van der Waals surface area contributed by atoms with Gasteiger partial charge in [-0.05, 0) is 127 Å². The average molecular weight is 731 g/mol. The standard InChI is InChI=1S/C54H38N2O/c1-54(2)49-16-10-9-15-46(49)47-30-27-43(34-50(47)54)56(41-23-17-36(18-24-41)35-11-5-3-6-12-35)42-25-19-37(20-26-42)39-21-28-44-40(33-39)22-29-48-45(44)31-32-51-52(48)57-53(55-51)38-13-7-4-8-14-38/h3-34H,1-2H3. The molecule has 0 radical (unpaired) electrons. The van der Waals surface area contributed by atoms with Crippen molar-refractivity contribution < 1.29 is 4.42 Å². The molecular weight excluding hydrogens is 693 g/mol. The van der Waals surface area contributed by atoms with Crippen molar-refractivity contribution in [1.29, 1.82) is 0 Å². The van der Waals surface area contributed by atoms with Gasteiger partial charge in [-0.1, -0.05) is 141 Å². The Bertz CT molecular complexity index is 3120. The molecule has 0 aliphatic heterocycles. The van der Waals surface area contributed by atoms with E-state index < -0.39 is 0 Å². The monoisotopic (exact) mass is 730 g/mol. The van der Waals surface area contributed by atoms with Crippen LogP contribution in [0, 0.1) is 0 Å². The molecule has 0 N–H and O–H groups in total. The first kappa shape index (κ1) is 33.1. The fourth-order valence-electron chi connectivity index (χ4n) is 8.93. The van der Waals surface area contributed by atoms with Crippen LogP contribution in [-0.4, -0.2) is 4.98 Å². The number of fused-ring (bicyclic) bond motifs is 8. The molecule has 0 amide bonds. The number of hydrogen-bond donors (Lipinski definition) is 0. The summed E-state index contributed by atoms with van der Waals surface area (Å²) < 4.78 is 6.36. The van der Waals surface area contributed by atoms with Gasteiger partial charge in [-0.25, -0.2) is 4.98 Å². The highest BCUT2D eigenvalue weighted by Gasteiger charge is 2.35. The highest BCUT2D eigenvalue weighted by atomic mass is 16.3. The predicted octanol–water partition coefficient (Wildman–Crippen LogP) is 14.9. The molecule has 1 aliphatic rings. The Labute approximate surface area is 332 Å². The third-order valence-electron chi connectivity index (χ3n) is 11.9. The van der Waals surface area contributed by atoms with Crippen LogP contribution in [0.25, 0.3) is 77.5 Å². The number of nitrogens with zero attached hydrogens (tertiary/aromatic N) is 2. The van der Waals surface area contributed by atoms with E-state index in [2.05, 4.69) is 183 Å². The van der Waals surface area contributed by atoms with E-state index in [-0.39, 0.29) is 5.41 Å². The summed E-state index contributed by atoms with van der Waals surface area (Å²) in [6.45, 7) is 4.69. The zero-order chi connectivity index (χ0) is 38.1. The minimum absolute atomic E-state index is 0.0952. The minimum atomic E-state index is -0.0952. The highest BCUT2D eigenvalue weighted by Crippen LogP contribution is 2.50. The molecule has 3 heteroatoms. The lowest BCUT2D eigenvalue weighted by Crippen LogP contribution is -2.16. The third kappa shape index (κ3) is 5.46. The predicted molar refractivity (Wildman–Crippen MR) is 238 cm³/mol. The van der Waals surface area contributed by atoms with Crippen molar-refractivity contribution in [2.45, 2.75) is 19.3 Å². The molecule has 9 aromatic carbocycles. The first-order valence-electron chi connectivity index (χ1n) is 19.6. The topological polar surface area (TPSA) is 29.3 Å². The molecule has 270 valence electrons. The molecule has 3 nitrogen and oxygen atoms in total. The van der Waals surface area contributed by atoms with Gasteiger partial charge in [-0.2, -0.15) is 0 Å². The van der Waals surface area contributed by atoms with Gasteiger partial charge in [0, 0.05) is 33.4 Å². The Morgan fingerprint density at radius 3 is 1.72 bits per heavy atom. The molecular formula is C54H38N2O. The summed E-state index contributed by atoms with van der Waals surface area (Å²) in [7, 11) is 0. The van der Waals surface area contributed by atoms with Crippen molar-refractivity contribution in [2.24, 2.45) is 0 Å². The van der Waals surface area contributed by atoms with Crippen LogP contribution < -0.4 is 4.90 Å². The maximum absolute atomic E-state index is 6.36. The van der Waals surface area contributed by atoms with Crippen LogP contribution in [0.15, 0.2) is 199 Å². The van der Waals surface area contributed by atoms with E-state index in [1.54, 1.807) is 0 Å². The summed E-state index contributed by atoms with van der Waals surface area (Å²) in [4.78, 5) is 7.19. The number of anilines is 3. The molecule has 0 saturated carbocycles. The van der Waals surface area contributed by atoms with Gasteiger partial charge in [0.1, 0.15) is 5.52 Å². The molecule has 0 atom stereocenters. The van der Waals surface area contributed by atoms with E-state index in [1.165, 1.54) is 55.3 Å².